The standard InChI is InChI=1S/C11H11N3O/c12-10-6-8-4-2-1-3-7(8)5-9(10)11(15)14-13/h1-6H,12-13H2,(H,14,15). The number of nitrogens with two attached hydrogens (primary N) is 2. The second-order valence-electron chi connectivity index (χ2n) is 3.26. The number of hydrazine groups is 1. The minimum Gasteiger partial charge on any atom is -0.398 e. The van der Waals surface area contributed by atoms with Crippen molar-refractivity contribution in [1.29, 1.82) is 0 Å². The number of carbonyl (C=O) groups excluding carboxylic acids is 1. The van der Waals surface area contributed by atoms with Gasteiger partial charge >= 0.3 is 0 Å². The zero-order valence-electron chi connectivity index (χ0n) is 8.03. The van der Waals surface area contributed by atoms with Crippen LogP contribution in [0.15, 0.2) is 36.4 Å². The largest absolute Gasteiger partial charge is 0.398 e. The molecule has 0 aliphatic heterocycles. The molecule has 0 aromatic heterocycles. The highest BCUT2D eigenvalue weighted by atomic mass is 16.2. The fourth-order valence-electron chi connectivity index (χ4n) is 1.53. The summed E-state index contributed by atoms with van der Waals surface area (Å²) in [6.45, 7) is 0. The van der Waals surface area contributed by atoms with E-state index in [1.807, 2.05) is 24.3 Å². The van der Waals surface area contributed by atoms with Crippen molar-refractivity contribution < 1.29 is 4.79 Å². The van der Waals surface area contributed by atoms with Gasteiger partial charge in [-0.25, -0.2) is 5.84 Å². The number of hydrogen-bond donors (Lipinski definition) is 3. The zero-order chi connectivity index (χ0) is 10.8. The summed E-state index contributed by atoms with van der Waals surface area (Å²) in [5.74, 6) is 4.69. The number of hydrogen-bond acceptors (Lipinski definition) is 3. The Balaban J connectivity index is 2.67. The van der Waals surface area contributed by atoms with E-state index in [0.717, 1.165) is 10.8 Å². The zero-order valence-corrected chi connectivity index (χ0v) is 8.03. The minimum atomic E-state index is -0.377. The quantitative estimate of drug-likeness (QED) is 0.279. The number of nitrogens with one attached hydrogen (secondary N) is 1. The molecule has 2 aromatic carbocycles. The summed E-state index contributed by atoms with van der Waals surface area (Å²) < 4.78 is 0. The lowest BCUT2D eigenvalue weighted by Gasteiger charge is -2.06. The third kappa shape index (κ3) is 1.62. The van der Waals surface area contributed by atoms with E-state index in [9.17, 15) is 4.79 Å². The van der Waals surface area contributed by atoms with E-state index in [0.29, 0.717) is 11.3 Å². The van der Waals surface area contributed by atoms with Crippen LogP contribution in [0.1, 0.15) is 10.4 Å². The number of nitrogen functional groups attached to an aromatic ring is 2. The number of rotatable bonds is 1. The highest BCUT2D eigenvalue weighted by molar-refractivity contribution is 6.03. The van der Waals surface area contributed by atoms with E-state index >= 15 is 0 Å². The van der Waals surface area contributed by atoms with E-state index in [1.54, 1.807) is 12.1 Å². The molecule has 0 saturated heterocycles. The minimum absolute atomic E-state index is 0.377. The molecule has 0 saturated carbocycles. The first-order valence-corrected chi connectivity index (χ1v) is 4.51. The lowest BCUT2D eigenvalue weighted by atomic mass is 10.0. The third-order valence-corrected chi connectivity index (χ3v) is 2.29. The van der Waals surface area contributed by atoms with Crippen molar-refractivity contribution in [2.24, 2.45) is 5.84 Å². The van der Waals surface area contributed by atoms with E-state index in [2.05, 4.69) is 5.43 Å². The van der Waals surface area contributed by atoms with Gasteiger partial charge in [0.1, 0.15) is 0 Å². The van der Waals surface area contributed by atoms with Gasteiger partial charge in [0.05, 0.1) is 5.56 Å². The van der Waals surface area contributed by atoms with Crippen molar-refractivity contribution in [3.63, 3.8) is 0 Å². The predicted molar refractivity (Wildman–Crippen MR) is 60.0 cm³/mol. The maximum Gasteiger partial charge on any atom is 0.267 e. The summed E-state index contributed by atoms with van der Waals surface area (Å²) >= 11 is 0. The summed E-state index contributed by atoms with van der Waals surface area (Å²) in [5, 5.41) is 1.97. The Morgan fingerprint density at radius 1 is 1.13 bits per heavy atom. The predicted octanol–water partition coefficient (Wildman–Crippen LogP) is 1.03. The van der Waals surface area contributed by atoms with Gasteiger partial charge in [-0.15, -0.1) is 0 Å². The second-order valence-corrected chi connectivity index (χ2v) is 3.26. The van der Waals surface area contributed by atoms with Crippen LogP contribution >= 0.6 is 0 Å². The second kappa shape index (κ2) is 3.59. The average molecular weight is 201 g/mol. The summed E-state index contributed by atoms with van der Waals surface area (Å²) in [4.78, 5) is 11.4. The maximum atomic E-state index is 11.4. The van der Waals surface area contributed by atoms with E-state index in [-0.39, 0.29) is 5.91 Å². The molecular formula is C11H11N3O. The van der Waals surface area contributed by atoms with Gasteiger partial charge in [0.25, 0.3) is 5.91 Å². The summed E-state index contributed by atoms with van der Waals surface area (Å²) in [5.41, 5.74) is 8.64. The molecule has 15 heavy (non-hydrogen) atoms. The van der Waals surface area contributed by atoms with Gasteiger partial charge < -0.3 is 5.73 Å². The van der Waals surface area contributed by atoms with Gasteiger partial charge in [0.15, 0.2) is 0 Å². The molecule has 0 bridgehead atoms. The first kappa shape index (κ1) is 9.48. The SMILES string of the molecule is NNC(=O)c1cc2ccccc2cc1N. The Morgan fingerprint density at radius 3 is 2.33 bits per heavy atom. The van der Waals surface area contributed by atoms with Crippen LogP contribution in [0.25, 0.3) is 10.8 Å². The normalized spacial score (nSPS) is 10.2. The highest BCUT2D eigenvalue weighted by Crippen LogP contribution is 2.21. The summed E-state index contributed by atoms with van der Waals surface area (Å²) in [7, 11) is 0. The van der Waals surface area contributed by atoms with Crippen molar-refractivity contribution in [1.82, 2.24) is 5.43 Å². The molecule has 76 valence electrons. The van der Waals surface area contributed by atoms with Crippen LogP contribution in [0.2, 0.25) is 0 Å². The van der Waals surface area contributed by atoms with Gasteiger partial charge in [-0.1, -0.05) is 24.3 Å². The van der Waals surface area contributed by atoms with Crippen LogP contribution in [0.5, 0.6) is 0 Å². The molecule has 0 radical (unpaired) electrons. The van der Waals surface area contributed by atoms with Gasteiger partial charge in [-0.05, 0) is 22.9 Å². The van der Waals surface area contributed by atoms with E-state index in [1.165, 1.54) is 0 Å². The average Bonchev–Trinajstić information content (AvgIpc) is 2.27. The monoisotopic (exact) mass is 201 g/mol. The highest BCUT2D eigenvalue weighted by Gasteiger charge is 2.08. The molecule has 0 atom stereocenters. The molecule has 1 amide bonds. The van der Waals surface area contributed by atoms with Crippen molar-refractivity contribution >= 4 is 22.4 Å². The van der Waals surface area contributed by atoms with Gasteiger partial charge in [0.2, 0.25) is 0 Å². The topological polar surface area (TPSA) is 81.1 Å². The van der Waals surface area contributed by atoms with Crippen LogP contribution in [0.4, 0.5) is 5.69 Å². The summed E-state index contributed by atoms with van der Waals surface area (Å²) in [6.07, 6.45) is 0. The van der Waals surface area contributed by atoms with Crippen LogP contribution in [0.3, 0.4) is 0 Å². The lowest BCUT2D eigenvalue weighted by Crippen LogP contribution is -2.30. The Kier molecular flexibility index (Phi) is 2.27. The van der Waals surface area contributed by atoms with Crippen LogP contribution in [-0.4, -0.2) is 5.91 Å². The molecule has 4 heteroatoms. The van der Waals surface area contributed by atoms with Crippen molar-refractivity contribution in [3.05, 3.63) is 42.0 Å². The number of anilines is 1. The van der Waals surface area contributed by atoms with Crippen LogP contribution in [-0.2, 0) is 0 Å². The Labute approximate surface area is 86.8 Å². The van der Waals surface area contributed by atoms with Crippen molar-refractivity contribution in [2.75, 3.05) is 5.73 Å². The van der Waals surface area contributed by atoms with E-state index in [4.69, 9.17) is 11.6 Å². The molecule has 2 aromatic rings. The summed E-state index contributed by atoms with van der Waals surface area (Å²) in [6, 6.07) is 11.2. The number of amides is 1. The number of fused-ring (bicyclic) bond motifs is 1. The van der Waals surface area contributed by atoms with Crippen LogP contribution < -0.4 is 17.0 Å². The molecule has 0 aliphatic rings. The van der Waals surface area contributed by atoms with Crippen LogP contribution in [0, 0.1) is 0 Å². The Morgan fingerprint density at radius 2 is 1.73 bits per heavy atom. The first-order valence-electron chi connectivity index (χ1n) is 4.51. The number of carbonyl (C=O) groups is 1. The van der Waals surface area contributed by atoms with Gasteiger partial charge in [0, 0.05) is 5.69 Å². The fraction of sp³-hybridized carbons (Fsp3) is 0. The lowest BCUT2D eigenvalue weighted by molar-refractivity contribution is 0.0954. The maximum absolute atomic E-state index is 11.4. The Hall–Kier alpha value is -2.07. The van der Waals surface area contributed by atoms with Crippen molar-refractivity contribution in [2.45, 2.75) is 0 Å². The Bertz CT molecular complexity index is 522. The fourth-order valence-corrected chi connectivity index (χ4v) is 1.53. The van der Waals surface area contributed by atoms with Gasteiger partial charge in [-0.2, -0.15) is 0 Å². The molecular weight excluding hydrogens is 190 g/mol. The molecule has 4 nitrogen and oxygen atoms in total. The van der Waals surface area contributed by atoms with Crippen molar-refractivity contribution in [3.8, 4) is 0 Å². The molecule has 0 spiro atoms. The molecule has 0 aliphatic carbocycles. The first-order chi connectivity index (χ1) is 7.22. The third-order valence-electron chi connectivity index (χ3n) is 2.29. The molecule has 0 fully saturated rings. The van der Waals surface area contributed by atoms with E-state index < -0.39 is 0 Å². The molecule has 5 N–H and O–H groups in total. The molecule has 0 heterocycles. The smallest absolute Gasteiger partial charge is 0.267 e. The molecule has 2 rings (SSSR count). The van der Waals surface area contributed by atoms with Gasteiger partial charge in [-0.3, -0.25) is 10.2 Å². The number of benzene rings is 2. The molecule has 0 unspecified atom stereocenters.